The lowest BCUT2D eigenvalue weighted by Crippen LogP contribution is -1.92. The first-order valence-corrected chi connectivity index (χ1v) is 6.22. The van der Waals surface area contributed by atoms with E-state index in [1.807, 2.05) is 31.2 Å². The van der Waals surface area contributed by atoms with Crippen molar-refractivity contribution in [1.29, 1.82) is 0 Å². The van der Waals surface area contributed by atoms with Crippen molar-refractivity contribution >= 4 is 33.2 Å². The molecule has 0 radical (unpaired) electrons. The standard InChI is InChI=1S/C13H11BrClNO/c1-8-6-12(16)11(15)7-13(8)17-10-4-2-9(14)3-5-10/h2-7H,16H2,1H3. The fraction of sp³-hybridized carbons (Fsp3) is 0.0769. The summed E-state index contributed by atoms with van der Waals surface area (Å²) in [5, 5.41) is 0.503. The largest absolute Gasteiger partial charge is 0.457 e. The number of ether oxygens (including phenoxy) is 1. The normalized spacial score (nSPS) is 10.3. The average molecular weight is 313 g/mol. The second-order valence-corrected chi connectivity index (χ2v) is 5.02. The van der Waals surface area contributed by atoms with Gasteiger partial charge < -0.3 is 10.5 Å². The molecule has 2 N–H and O–H groups in total. The van der Waals surface area contributed by atoms with Crippen LogP contribution < -0.4 is 10.5 Å². The number of hydrogen-bond donors (Lipinski definition) is 1. The summed E-state index contributed by atoms with van der Waals surface area (Å²) in [4.78, 5) is 0. The number of rotatable bonds is 2. The Morgan fingerprint density at radius 1 is 1.18 bits per heavy atom. The van der Waals surface area contributed by atoms with Gasteiger partial charge in [0.25, 0.3) is 0 Å². The molecule has 0 spiro atoms. The predicted octanol–water partition coefficient (Wildman–Crippen LogP) is 4.79. The molecule has 2 aromatic carbocycles. The maximum absolute atomic E-state index is 5.96. The van der Waals surface area contributed by atoms with E-state index in [4.69, 9.17) is 22.1 Å². The Balaban J connectivity index is 2.30. The van der Waals surface area contributed by atoms with Crippen molar-refractivity contribution in [2.24, 2.45) is 0 Å². The molecule has 2 nitrogen and oxygen atoms in total. The SMILES string of the molecule is Cc1cc(N)c(Cl)cc1Oc1ccc(Br)cc1. The highest BCUT2D eigenvalue weighted by Gasteiger charge is 2.05. The van der Waals surface area contributed by atoms with E-state index in [9.17, 15) is 0 Å². The highest BCUT2D eigenvalue weighted by molar-refractivity contribution is 9.10. The second kappa shape index (κ2) is 4.98. The minimum atomic E-state index is 0.503. The minimum Gasteiger partial charge on any atom is -0.457 e. The molecule has 0 aliphatic rings. The zero-order valence-electron chi connectivity index (χ0n) is 9.21. The molecule has 0 saturated carbocycles. The Kier molecular flexibility index (Phi) is 3.60. The van der Waals surface area contributed by atoms with Gasteiger partial charge in [-0.25, -0.2) is 0 Å². The summed E-state index contributed by atoms with van der Waals surface area (Å²) in [6.07, 6.45) is 0. The van der Waals surface area contributed by atoms with Crippen molar-refractivity contribution in [2.75, 3.05) is 5.73 Å². The summed E-state index contributed by atoms with van der Waals surface area (Å²) < 4.78 is 6.75. The van der Waals surface area contributed by atoms with Crippen molar-refractivity contribution in [3.63, 3.8) is 0 Å². The zero-order valence-corrected chi connectivity index (χ0v) is 11.5. The summed E-state index contributed by atoms with van der Waals surface area (Å²) in [6.45, 7) is 1.93. The van der Waals surface area contributed by atoms with E-state index < -0.39 is 0 Å². The Morgan fingerprint density at radius 2 is 1.82 bits per heavy atom. The van der Waals surface area contributed by atoms with Crippen molar-refractivity contribution in [3.8, 4) is 11.5 Å². The van der Waals surface area contributed by atoms with E-state index in [1.54, 1.807) is 12.1 Å². The molecule has 2 aromatic rings. The van der Waals surface area contributed by atoms with Crippen LogP contribution in [0.5, 0.6) is 11.5 Å². The average Bonchev–Trinajstić information content (AvgIpc) is 2.29. The van der Waals surface area contributed by atoms with Crippen LogP contribution in [-0.2, 0) is 0 Å². The molecule has 0 bridgehead atoms. The number of nitrogens with two attached hydrogens (primary N) is 1. The lowest BCUT2D eigenvalue weighted by Gasteiger charge is -2.10. The third-order valence-electron chi connectivity index (χ3n) is 2.34. The zero-order chi connectivity index (χ0) is 12.4. The molecule has 0 aromatic heterocycles. The van der Waals surface area contributed by atoms with Crippen LogP contribution in [0, 0.1) is 6.92 Å². The van der Waals surface area contributed by atoms with Gasteiger partial charge in [0.1, 0.15) is 11.5 Å². The Labute approximate surface area is 113 Å². The van der Waals surface area contributed by atoms with Gasteiger partial charge in [0.15, 0.2) is 0 Å². The summed E-state index contributed by atoms with van der Waals surface area (Å²) >= 11 is 9.34. The molecule has 0 atom stereocenters. The lowest BCUT2D eigenvalue weighted by molar-refractivity contribution is 0.479. The van der Waals surface area contributed by atoms with Gasteiger partial charge in [-0.2, -0.15) is 0 Å². The third-order valence-corrected chi connectivity index (χ3v) is 3.19. The van der Waals surface area contributed by atoms with Crippen LogP contribution >= 0.6 is 27.5 Å². The van der Waals surface area contributed by atoms with Crippen LogP contribution in [0.25, 0.3) is 0 Å². The molecule has 0 saturated heterocycles. The van der Waals surface area contributed by atoms with Crippen molar-refractivity contribution in [1.82, 2.24) is 0 Å². The number of anilines is 1. The highest BCUT2D eigenvalue weighted by Crippen LogP contribution is 2.32. The molecule has 4 heteroatoms. The minimum absolute atomic E-state index is 0.503. The number of halogens is 2. The predicted molar refractivity (Wildman–Crippen MR) is 74.8 cm³/mol. The summed E-state index contributed by atoms with van der Waals surface area (Å²) in [7, 11) is 0. The first kappa shape index (κ1) is 12.3. The molecular weight excluding hydrogens is 302 g/mol. The highest BCUT2D eigenvalue weighted by atomic mass is 79.9. The maximum atomic E-state index is 5.96. The van der Waals surface area contributed by atoms with Gasteiger partial charge in [0.2, 0.25) is 0 Å². The van der Waals surface area contributed by atoms with E-state index in [2.05, 4.69) is 15.9 Å². The van der Waals surface area contributed by atoms with Gasteiger partial charge in [0.05, 0.1) is 10.7 Å². The molecule has 0 fully saturated rings. The smallest absolute Gasteiger partial charge is 0.131 e. The van der Waals surface area contributed by atoms with Crippen LogP contribution in [0.1, 0.15) is 5.56 Å². The van der Waals surface area contributed by atoms with Gasteiger partial charge in [-0.15, -0.1) is 0 Å². The van der Waals surface area contributed by atoms with Crippen LogP contribution in [0.4, 0.5) is 5.69 Å². The number of hydrogen-bond acceptors (Lipinski definition) is 2. The first-order valence-electron chi connectivity index (χ1n) is 5.05. The Hall–Kier alpha value is -1.19. The molecule has 2 rings (SSSR count). The molecule has 88 valence electrons. The second-order valence-electron chi connectivity index (χ2n) is 3.70. The van der Waals surface area contributed by atoms with Gasteiger partial charge in [0, 0.05) is 10.5 Å². The van der Waals surface area contributed by atoms with Crippen LogP contribution in [0.3, 0.4) is 0 Å². The van der Waals surface area contributed by atoms with Crippen molar-refractivity contribution in [3.05, 3.63) is 51.5 Å². The van der Waals surface area contributed by atoms with Crippen LogP contribution in [0.15, 0.2) is 40.9 Å². The first-order chi connectivity index (χ1) is 8.06. The van der Waals surface area contributed by atoms with Crippen molar-refractivity contribution in [2.45, 2.75) is 6.92 Å². The molecular formula is C13H11BrClNO. The van der Waals surface area contributed by atoms with Gasteiger partial charge in [-0.1, -0.05) is 27.5 Å². The summed E-state index contributed by atoms with van der Waals surface area (Å²) in [5.41, 5.74) is 7.22. The van der Waals surface area contributed by atoms with E-state index in [-0.39, 0.29) is 0 Å². The fourth-order valence-corrected chi connectivity index (χ4v) is 1.84. The number of aryl methyl sites for hydroxylation is 1. The summed E-state index contributed by atoms with van der Waals surface area (Å²) in [6, 6.07) is 11.1. The topological polar surface area (TPSA) is 35.2 Å². The Morgan fingerprint density at radius 3 is 2.47 bits per heavy atom. The lowest BCUT2D eigenvalue weighted by atomic mass is 10.2. The van der Waals surface area contributed by atoms with E-state index in [0.29, 0.717) is 16.5 Å². The van der Waals surface area contributed by atoms with Gasteiger partial charge >= 0.3 is 0 Å². The van der Waals surface area contributed by atoms with Gasteiger partial charge in [-0.3, -0.25) is 0 Å². The monoisotopic (exact) mass is 311 g/mol. The van der Waals surface area contributed by atoms with Crippen molar-refractivity contribution < 1.29 is 4.74 Å². The molecule has 0 unspecified atom stereocenters. The van der Waals surface area contributed by atoms with E-state index in [1.165, 1.54) is 0 Å². The van der Waals surface area contributed by atoms with E-state index >= 15 is 0 Å². The number of benzene rings is 2. The quantitative estimate of drug-likeness (QED) is 0.810. The van der Waals surface area contributed by atoms with Crippen LogP contribution in [0.2, 0.25) is 5.02 Å². The maximum Gasteiger partial charge on any atom is 0.131 e. The molecule has 0 heterocycles. The Bertz CT molecular complexity index is 540. The summed E-state index contributed by atoms with van der Waals surface area (Å²) in [5.74, 6) is 1.48. The molecule has 0 aliphatic heterocycles. The number of nitrogen functional groups attached to an aromatic ring is 1. The van der Waals surface area contributed by atoms with Gasteiger partial charge in [-0.05, 0) is 42.8 Å². The third kappa shape index (κ3) is 2.93. The molecule has 0 amide bonds. The molecule has 17 heavy (non-hydrogen) atoms. The fourth-order valence-electron chi connectivity index (χ4n) is 1.43. The molecule has 0 aliphatic carbocycles. The van der Waals surface area contributed by atoms with Crippen LogP contribution in [-0.4, -0.2) is 0 Å². The van der Waals surface area contributed by atoms with E-state index in [0.717, 1.165) is 15.8 Å².